The Morgan fingerprint density at radius 3 is 2.73 bits per heavy atom. The van der Waals surface area contributed by atoms with E-state index in [0.29, 0.717) is 13.0 Å². The van der Waals surface area contributed by atoms with E-state index in [0.717, 1.165) is 65.0 Å². The Morgan fingerprint density at radius 2 is 2.00 bits per heavy atom. The summed E-state index contributed by atoms with van der Waals surface area (Å²) < 4.78 is 0. The van der Waals surface area contributed by atoms with E-state index >= 15 is 0 Å². The summed E-state index contributed by atoms with van der Waals surface area (Å²) in [6, 6.07) is -0.238. The van der Waals surface area contributed by atoms with Crippen molar-refractivity contribution in [2.45, 2.75) is 45.1 Å². The van der Waals surface area contributed by atoms with Gasteiger partial charge in [-0.2, -0.15) is 0 Å². The van der Waals surface area contributed by atoms with Crippen LogP contribution in [0.4, 0.5) is 0 Å². The zero-order valence-corrected chi connectivity index (χ0v) is 13.8. The van der Waals surface area contributed by atoms with Crippen LogP contribution >= 0.6 is 0 Å². The molecule has 0 saturated carbocycles. The Morgan fingerprint density at radius 1 is 1.23 bits per heavy atom. The van der Waals surface area contributed by atoms with E-state index in [4.69, 9.17) is 0 Å². The zero-order valence-electron chi connectivity index (χ0n) is 13.8. The van der Waals surface area contributed by atoms with Crippen molar-refractivity contribution in [3.8, 4) is 0 Å². The van der Waals surface area contributed by atoms with Crippen molar-refractivity contribution < 1.29 is 9.59 Å². The van der Waals surface area contributed by atoms with Gasteiger partial charge in [0.1, 0.15) is 6.04 Å². The molecule has 0 aromatic carbocycles. The Kier molecular flexibility index (Phi) is 7.12. The molecule has 1 atom stereocenters. The highest BCUT2D eigenvalue weighted by Gasteiger charge is 2.33. The molecule has 2 N–H and O–H groups in total. The van der Waals surface area contributed by atoms with Crippen LogP contribution in [0.15, 0.2) is 0 Å². The zero-order chi connectivity index (χ0) is 15.8. The number of carbonyl (C=O) groups excluding carboxylic acids is 2. The predicted octanol–water partition coefficient (Wildman–Crippen LogP) is 0.189. The van der Waals surface area contributed by atoms with Gasteiger partial charge in [0.2, 0.25) is 11.8 Å². The van der Waals surface area contributed by atoms with Crippen LogP contribution in [-0.4, -0.2) is 73.5 Å². The fourth-order valence-corrected chi connectivity index (χ4v) is 3.26. The van der Waals surface area contributed by atoms with Gasteiger partial charge in [-0.25, -0.2) is 0 Å². The van der Waals surface area contributed by atoms with Crippen LogP contribution in [0.25, 0.3) is 0 Å². The van der Waals surface area contributed by atoms with Crippen molar-refractivity contribution in [2.75, 3.05) is 45.8 Å². The number of carbonyl (C=O) groups is 2. The van der Waals surface area contributed by atoms with Gasteiger partial charge in [0.25, 0.3) is 0 Å². The summed E-state index contributed by atoms with van der Waals surface area (Å²) in [5, 5.41) is 6.35. The quantitative estimate of drug-likeness (QED) is 0.659. The molecule has 2 saturated heterocycles. The Balaban J connectivity index is 1.66. The molecule has 2 fully saturated rings. The van der Waals surface area contributed by atoms with Crippen LogP contribution in [0.1, 0.15) is 39.0 Å². The van der Waals surface area contributed by atoms with E-state index in [-0.39, 0.29) is 17.9 Å². The minimum atomic E-state index is -0.238. The maximum Gasteiger partial charge on any atom is 0.242 e. The van der Waals surface area contributed by atoms with Gasteiger partial charge in [-0.1, -0.05) is 6.92 Å². The van der Waals surface area contributed by atoms with Crippen LogP contribution < -0.4 is 10.6 Å². The van der Waals surface area contributed by atoms with Crippen LogP contribution in [0.3, 0.4) is 0 Å². The summed E-state index contributed by atoms with van der Waals surface area (Å²) in [4.78, 5) is 28.5. The lowest BCUT2D eigenvalue weighted by Gasteiger charge is -2.27. The van der Waals surface area contributed by atoms with E-state index in [1.807, 2.05) is 6.92 Å². The highest BCUT2D eigenvalue weighted by Crippen LogP contribution is 2.18. The number of nitrogens with zero attached hydrogens (tertiary/aromatic N) is 2. The van der Waals surface area contributed by atoms with Crippen molar-refractivity contribution in [3.05, 3.63) is 0 Å². The lowest BCUT2D eigenvalue weighted by atomic mass is 10.2. The highest BCUT2D eigenvalue weighted by molar-refractivity contribution is 5.88. The Labute approximate surface area is 133 Å². The molecule has 2 amide bonds. The molecule has 6 nitrogen and oxygen atoms in total. The first-order valence-electron chi connectivity index (χ1n) is 8.72. The van der Waals surface area contributed by atoms with Gasteiger partial charge >= 0.3 is 0 Å². The summed E-state index contributed by atoms with van der Waals surface area (Å²) in [6.45, 7) is 8.77. The summed E-state index contributed by atoms with van der Waals surface area (Å²) in [5.74, 6) is 0.156. The third-order valence-corrected chi connectivity index (χ3v) is 4.50. The molecule has 0 aromatic rings. The molecule has 22 heavy (non-hydrogen) atoms. The maximum atomic E-state index is 12.3. The Bertz CT molecular complexity index is 369. The molecule has 2 rings (SSSR count). The third kappa shape index (κ3) is 4.95. The van der Waals surface area contributed by atoms with Crippen molar-refractivity contribution in [2.24, 2.45) is 0 Å². The van der Waals surface area contributed by atoms with Crippen molar-refractivity contribution >= 4 is 11.8 Å². The van der Waals surface area contributed by atoms with Crippen LogP contribution in [-0.2, 0) is 9.59 Å². The van der Waals surface area contributed by atoms with Crippen LogP contribution in [0, 0.1) is 0 Å². The van der Waals surface area contributed by atoms with Gasteiger partial charge in [0.15, 0.2) is 0 Å². The normalized spacial score (nSPS) is 22.8. The van der Waals surface area contributed by atoms with Crippen LogP contribution in [0.5, 0.6) is 0 Å². The van der Waals surface area contributed by atoms with Gasteiger partial charge in [-0.05, 0) is 32.2 Å². The van der Waals surface area contributed by atoms with Crippen molar-refractivity contribution in [1.29, 1.82) is 0 Å². The van der Waals surface area contributed by atoms with Crippen molar-refractivity contribution in [3.63, 3.8) is 0 Å². The second kappa shape index (κ2) is 9.10. The van der Waals surface area contributed by atoms with Gasteiger partial charge in [-0.3, -0.25) is 9.59 Å². The smallest absolute Gasteiger partial charge is 0.242 e. The number of piperazine rings is 1. The minimum Gasteiger partial charge on any atom is -0.354 e. The number of hydrogen-bond donors (Lipinski definition) is 2. The first-order chi connectivity index (χ1) is 10.7. The van der Waals surface area contributed by atoms with Gasteiger partial charge in [-0.15, -0.1) is 0 Å². The van der Waals surface area contributed by atoms with E-state index in [1.165, 1.54) is 0 Å². The van der Waals surface area contributed by atoms with Crippen molar-refractivity contribution in [1.82, 2.24) is 20.4 Å². The molecule has 1 unspecified atom stereocenters. The number of rotatable bonds is 7. The maximum absolute atomic E-state index is 12.3. The monoisotopic (exact) mass is 310 g/mol. The predicted molar refractivity (Wildman–Crippen MR) is 86.6 cm³/mol. The number of nitrogens with one attached hydrogen (secondary N) is 2. The first-order valence-corrected chi connectivity index (χ1v) is 8.72. The molecule has 2 aliphatic heterocycles. The van der Waals surface area contributed by atoms with E-state index < -0.39 is 0 Å². The molecule has 0 aromatic heterocycles. The first kappa shape index (κ1) is 17.2. The molecular formula is C16H30N4O2. The minimum absolute atomic E-state index is 0.0299. The molecule has 0 bridgehead atoms. The molecule has 0 spiro atoms. The molecule has 126 valence electrons. The largest absolute Gasteiger partial charge is 0.354 e. The SMILES string of the molecule is CCCC(=O)N1CCCC1C(=O)NCCCN1CCNCC1. The second-order valence-corrected chi connectivity index (χ2v) is 6.23. The molecule has 2 aliphatic rings. The summed E-state index contributed by atoms with van der Waals surface area (Å²) in [5.41, 5.74) is 0. The fraction of sp³-hybridized carbons (Fsp3) is 0.875. The standard InChI is InChI=1S/C16H30N4O2/c1-2-5-15(21)20-11-3-6-14(20)16(22)18-7-4-10-19-12-8-17-9-13-19/h14,17H,2-13H2,1H3,(H,18,22). The summed E-state index contributed by atoms with van der Waals surface area (Å²) in [6.07, 6.45) is 4.11. The van der Waals surface area contributed by atoms with E-state index in [9.17, 15) is 9.59 Å². The number of hydrogen-bond acceptors (Lipinski definition) is 4. The van der Waals surface area contributed by atoms with Crippen LogP contribution in [0.2, 0.25) is 0 Å². The average Bonchev–Trinajstić information content (AvgIpc) is 3.02. The number of likely N-dealkylation sites (tertiary alicyclic amines) is 1. The molecule has 2 heterocycles. The fourth-order valence-electron chi connectivity index (χ4n) is 3.26. The van der Waals surface area contributed by atoms with Gasteiger partial charge in [0, 0.05) is 45.7 Å². The van der Waals surface area contributed by atoms with E-state index in [1.54, 1.807) is 4.90 Å². The van der Waals surface area contributed by atoms with Gasteiger partial charge in [0.05, 0.1) is 0 Å². The molecule has 6 heteroatoms. The number of amides is 2. The lowest BCUT2D eigenvalue weighted by molar-refractivity contribution is -0.138. The molecule has 0 aliphatic carbocycles. The lowest BCUT2D eigenvalue weighted by Crippen LogP contribution is -2.47. The third-order valence-electron chi connectivity index (χ3n) is 4.50. The average molecular weight is 310 g/mol. The summed E-state index contributed by atoms with van der Waals surface area (Å²) in [7, 11) is 0. The molecular weight excluding hydrogens is 280 g/mol. The summed E-state index contributed by atoms with van der Waals surface area (Å²) >= 11 is 0. The second-order valence-electron chi connectivity index (χ2n) is 6.23. The van der Waals surface area contributed by atoms with E-state index in [2.05, 4.69) is 15.5 Å². The molecule has 0 radical (unpaired) electrons. The van der Waals surface area contributed by atoms with Gasteiger partial charge < -0.3 is 20.4 Å². The topological polar surface area (TPSA) is 64.7 Å². The Hall–Kier alpha value is -1.14. The highest BCUT2D eigenvalue weighted by atomic mass is 16.2.